The van der Waals surface area contributed by atoms with Gasteiger partial charge in [-0.1, -0.05) is 67.8 Å². The van der Waals surface area contributed by atoms with Crippen LogP contribution in [0.3, 0.4) is 0 Å². The van der Waals surface area contributed by atoms with Crippen LogP contribution < -0.4 is 0 Å². The van der Waals surface area contributed by atoms with E-state index < -0.39 is 23.9 Å². The third kappa shape index (κ3) is 8.44. The zero-order valence-corrected chi connectivity index (χ0v) is 24.2. The molecule has 2 aromatic rings. The number of amides is 1. The Morgan fingerprint density at radius 2 is 1.15 bits per heavy atom. The van der Waals surface area contributed by atoms with E-state index in [1.807, 2.05) is 20.8 Å². The van der Waals surface area contributed by atoms with Crippen LogP contribution >= 0.6 is 0 Å². The van der Waals surface area contributed by atoms with Crippen molar-refractivity contribution in [1.29, 1.82) is 0 Å². The predicted molar refractivity (Wildman–Crippen MR) is 150 cm³/mol. The highest BCUT2D eigenvalue weighted by atomic mass is 19.3. The smallest absolute Gasteiger partial charge is 0.410 e. The second-order valence-electron chi connectivity index (χ2n) is 12.3. The third-order valence-corrected chi connectivity index (χ3v) is 8.34. The second kappa shape index (κ2) is 14.0. The molecule has 2 fully saturated rings. The van der Waals surface area contributed by atoms with Gasteiger partial charge in [-0.25, -0.2) is 22.4 Å². The number of carbonyl (C=O) groups is 1. The molecule has 0 atom stereocenters. The van der Waals surface area contributed by atoms with Crippen molar-refractivity contribution in [3.63, 3.8) is 0 Å². The Morgan fingerprint density at radius 3 is 1.49 bits per heavy atom. The van der Waals surface area contributed by atoms with E-state index in [0.717, 1.165) is 36.8 Å². The molecule has 2 aliphatic rings. The third-order valence-electron chi connectivity index (χ3n) is 8.34. The lowest BCUT2D eigenvalue weighted by atomic mass is 9.70. The summed E-state index contributed by atoms with van der Waals surface area (Å²) in [4.78, 5) is 13.8. The van der Waals surface area contributed by atoms with E-state index >= 15 is 0 Å². The van der Waals surface area contributed by atoms with Crippen molar-refractivity contribution in [3.05, 3.63) is 70.8 Å². The van der Waals surface area contributed by atoms with Crippen LogP contribution in [0, 0.1) is 0 Å². The number of hydrogen-bond acceptors (Lipinski definition) is 4. The Hall–Kier alpha value is -2.65. The molecular formula is C32H43F4NO4. The lowest BCUT2D eigenvalue weighted by Crippen LogP contribution is -2.48. The van der Waals surface area contributed by atoms with Crippen molar-refractivity contribution in [3.8, 4) is 0 Å². The zero-order valence-electron chi connectivity index (χ0n) is 24.2. The molecule has 9 heteroatoms. The molecule has 2 N–H and O–H groups in total. The number of alkyl halides is 4. The molecule has 2 aromatic carbocycles. The van der Waals surface area contributed by atoms with E-state index in [4.69, 9.17) is 4.74 Å². The summed E-state index contributed by atoms with van der Waals surface area (Å²) in [7, 11) is 0. The molecule has 1 aliphatic carbocycles. The van der Waals surface area contributed by atoms with Gasteiger partial charge in [0.15, 0.2) is 0 Å². The van der Waals surface area contributed by atoms with Gasteiger partial charge in [-0.2, -0.15) is 0 Å². The number of aliphatic hydroxyl groups excluding tert-OH is 2. The minimum atomic E-state index is -2.50. The molecule has 1 heterocycles. The number of piperidine rings is 1. The number of nitrogens with zero attached hydrogens (tertiary/aromatic N) is 1. The maximum absolute atomic E-state index is 12.7. The summed E-state index contributed by atoms with van der Waals surface area (Å²) in [6, 6.07) is 12.6. The first-order valence-corrected chi connectivity index (χ1v) is 14.3. The summed E-state index contributed by atoms with van der Waals surface area (Å²) in [6.45, 7) is 6.41. The summed E-state index contributed by atoms with van der Waals surface area (Å²) in [5.41, 5.74) is 0.615. The highest BCUT2D eigenvalue weighted by Gasteiger charge is 2.38. The molecular weight excluding hydrogens is 538 g/mol. The fraction of sp³-hybridized carbons (Fsp3) is 0.594. The van der Waals surface area contributed by atoms with E-state index in [1.54, 1.807) is 29.2 Å². The lowest BCUT2D eigenvalue weighted by Gasteiger charge is -2.41. The largest absolute Gasteiger partial charge is 0.444 e. The van der Waals surface area contributed by atoms with E-state index in [9.17, 15) is 32.6 Å². The van der Waals surface area contributed by atoms with Gasteiger partial charge in [0.25, 0.3) is 12.9 Å². The van der Waals surface area contributed by atoms with Crippen molar-refractivity contribution in [2.75, 3.05) is 26.3 Å². The molecule has 4 rings (SSSR count). The van der Waals surface area contributed by atoms with E-state index in [1.165, 1.54) is 30.7 Å². The van der Waals surface area contributed by atoms with Gasteiger partial charge >= 0.3 is 6.09 Å². The Kier molecular flexibility index (Phi) is 11.2. The van der Waals surface area contributed by atoms with Crippen LogP contribution in [0.1, 0.15) is 101 Å². The molecule has 1 amide bonds. The van der Waals surface area contributed by atoms with Gasteiger partial charge in [-0.15, -0.1) is 0 Å². The average Bonchev–Trinajstić information content (AvgIpc) is 2.97. The molecule has 5 nitrogen and oxygen atoms in total. The number of benzene rings is 2. The van der Waals surface area contributed by atoms with Gasteiger partial charge in [0.1, 0.15) is 5.60 Å². The first kappa shape index (κ1) is 32.9. The normalized spacial score (nSPS) is 18.6. The van der Waals surface area contributed by atoms with Crippen molar-refractivity contribution < 1.29 is 37.3 Å². The summed E-state index contributed by atoms with van der Waals surface area (Å²) in [5.74, 6) is 0. The van der Waals surface area contributed by atoms with Crippen LogP contribution in [0.2, 0.25) is 0 Å². The van der Waals surface area contributed by atoms with Crippen LogP contribution in [0.4, 0.5) is 22.4 Å². The summed E-state index contributed by atoms with van der Waals surface area (Å²) in [5, 5.41) is 19.5. The maximum atomic E-state index is 12.7. The van der Waals surface area contributed by atoms with Gasteiger partial charge in [0.2, 0.25) is 0 Å². The number of aliphatic hydroxyl groups is 2. The van der Waals surface area contributed by atoms with Gasteiger partial charge in [0.05, 0.1) is 13.2 Å². The minimum absolute atomic E-state index is 0.0296. The molecule has 41 heavy (non-hydrogen) atoms. The fourth-order valence-corrected chi connectivity index (χ4v) is 5.71. The topological polar surface area (TPSA) is 70.0 Å². The van der Waals surface area contributed by atoms with E-state index in [0.29, 0.717) is 25.9 Å². The number of ether oxygens (including phenoxy) is 1. The molecule has 228 valence electrons. The summed E-state index contributed by atoms with van der Waals surface area (Å²) >= 11 is 0. The SMILES string of the molecule is CC(C)(C)OC(=O)N1CCC(CO)(c2ccc(C(F)F)cc2)CC1.OCC1(c2ccc(C(F)F)cc2)CCCCC1. The number of halogens is 4. The summed E-state index contributed by atoms with van der Waals surface area (Å²) < 4.78 is 55.7. The van der Waals surface area contributed by atoms with Crippen LogP contribution in [0.5, 0.6) is 0 Å². The van der Waals surface area contributed by atoms with Gasteiger partial charge in [-0.3, -0.25) is 0 Å². The number of hydrogen-bond donors (Lipinski definition) is 2. The van der Waals surface area contributed by atoms with Crippen molar-refractivity contribution in [2.45, 2.75) is 95.0 Å². The quantitative estimate of drug-likeness (QED) is 0.343. The Morgan fingerprint density at radius 1 is 0.756 bits per heavy atom. The molecule has 0 radical (unpaired) electrons. The number of likely N-dealkylation sites (tertiary alicyclic amines) is 1. The van der Waals surface area contributed by atoms with Crippen molar-refractivity contribution in [2.24, 2.45) is 0 Å². The molecule has 0 spiro atoms. The highest BCUT2D eigenvalue weighted by molar-refractivity contribution is 5.68. The van der Waals surface area contributed by atoms with Gasteiger partial charge in [-0.05, 0) is 57.6 Å². The van der Waals surface area contributed by atoms with E-state index in [2.05, 4.69) is 0 Å². The van der Waals surface area contributed by atoms with Crippen molar-refractivity contribution in [1.82, 2.24) is 4.90 Å². The molecule has 1 aliphatic heterocycles. The first-order chi connectivity index (χ1) is 19.3. The highest BCUT2D eigenvalue weighted by Crippen LogP contribution is 2.40. The maximum Gasteiger partial charge on any atom is 0.410 e. The monoisotopic (exact) mass is 581 g/mol. The Labute approximate surface area is 240 Å². The molecule has 1 saturated carbocycles. The van der Waals surface area contributed by atoms with Crippen LogP contribution in [-0.2, 0) is 15.6 Å². The summed E-state index contributed by atoms with van der Waals surface area (Å²) in [6.07, 6.45) is 1.19. The molecule has 1 saturated heterocycles. The Balaban J connectivity index is 0.000000239. The predicted octanol–water partition coefficient (Wildman–Crippen LogP) is 7.70. The Bertz CT molecular complexity index is 1090. The molecule has 0 unspecified atom stereocenters. The van der Waals surface area contributed by atoms with Crippen LogP contribution in [-0.4, -0.2) is 53.1 Å². The standard InChI is InChI=1S/C18H25F2NO3.C14H18F2O/c1-17(2,3)24-16(23)21-10-8-18(12-22,9-11-21)14-6-4-13(5-7-14)15(19)20;15-13(16)11-4-6-12(7-5-11)14(10-17)8-2-1-3-9-14/h4-7,15,22H,8-12H2,1-3H3;4-7,13,17H,1-3,8-10H2. The first-order valence-electron chi connectivity index (χ1n) is 14.3. The van der Waals surface area contributed by atoms with Crippen molar-refractivity contribution >= 4 is 6.09 Å². The zero-order chi connectivity index (χ0) is 30.3. The van der Waals surface area contributed by atoms with E-state index in [-0.39, 0.29) is 35.8 Å². The fourth-order valence-electron chi connectivity index (χ4n) is 5.71. The number of carbonyl (C=O) groups excluding carboxylic acids is 1. The second-order valence-corrected chi connectivity index (χ2v) is 12.3. The van der Waals surface area contributed by atoms with Gasteiger partial charge < -0.3 is 19.8 Å². The number of rotatable bonds is 6. The lowest BCUT2D eigenvalue weighted by molar-refractivity contribution is 0.0123. The average molecular weight is 582 g/mol. The molecule has 0 aromatic heterocycles. The van der Waals surface area contributed by atoms with Crippen LogP contribution in [0.25, 0.3) is 0 Å². The minimum Gasteiger partial charge on any atom is -0.444 e. The van der Waals surface area contributed by atoms with Crippen LogP contribution in [0.15, 0.2) is 48.5 Å². The van der Waals surface area contributed by atoms with Gasteiger partial charge in [0, 0.05) is 35.0 Å². The molecule has 0 bridgehead atoms.